The zero-order valence-corrected chi connectivity index (χ0v) is 12.7. The molecule has 1 aliphatic rings. The van der Waals surface area contributed by atoms with Gasteiger partial charge in [-0.2, -0.15) is 5.10 Å². The quantitative estimate of drug-likeness (QED) is 0.845. The SMILES string of the molecule is CC(C(=O)N1CCCN(c2cccnn2)CC1)n1ccnc1. The summed E-state index contributed by atoms with van der Waals surface area (Å²) in [7, 11) is 0. The standard InChI is InChI=1S/C15H20N6O/c1-13(21-9-6-16-12-21)15(22)20-8-3-7-19(10-11-20)14-4-2-5-17-18-14/h2,4-6,9,12-13H,3,7-8,10-11H2,1H3. The molecule has 7 heteroatoms. The third-order valence-electron chi connectivity index (χ3n) is 4.02. The summed E-state index contributed by atoms with van der Waals surface area (Å²) >= 11 is 0. The zero-order chi connectivity index (χ0) is 15.4. The lowest BCUT2D eigenvalue weighted by atomic mass is 10.2. The first-order chi connectivity index (χ1) is 10.8. The molecule has 0 N–H and O–H groups in total. The molecule has 2 aromatic heterocycles. The maximum absolute atomic E-state index is 12.6. The molecule has 0 aromatic carbocycles. The molecule has 116 valence electrons. The van der Waals surface area contributed by atoms with E-state index in [4.69, 9.17) is 0 Å². The first-order valence-electron chi connectivity index (χ1n) is 7.54. The van der Waals surface area contributed by atoms with Gasteiger partial charge in [0.05, 0.1) is 6.33 Å². The second-order valence-electron chi connectivity index (χ2n) is 5.43. The first-order valence-corrected chi connectivity index (χ1v) is 7.54. The van der Waals surface area contributed by atoms with Crippen molar-refractivity contribution in [3.8, 4) is 0 Å². The highest BCUT2D eigenvalue weighted by Crippen LogP contribution is 2.15. The van der Waals surface area contributed by atoms with Gasteiger partial charge in [-0.15, -0.1) is 5.10 Å². The number of hydrogen-bond acceptors (Lipinski definition) is 5. The van der Waals surface area contributed by atoms with Gasteiger partial charge in [0.25, 0.3) is 0 Å². The highest BCUT2D eigenvalue weighted by atomic mass is 16.2. The largest absolute Gasteiger partial charge is 0.353 e. The number of anilines is 1. The van der Waals surface area contributed by atoms with E-state index in [1.807, 2.05) is 34.7 Å². The van der Waals surface area contributed by atoms with Crippen molar-refractivity contribution < 1.29 is 4.79 Å². The van der Waals surface area contributed by atoms with Crippen LogP contribution in [0.25, 0.3) is 0 Å². The smallest absolute Gasteiger partial charge is 0.245 e. The van der Waals surface area contributed by atoms with Crippen molar-refractivity contribution in [2.75, 3.05) is 31.1 Å². The lowest BCUT2D eigenvalue weighted by Gasteiger charge is -2.25. The van der Waals surface area contributed by atoms with E-state index in [9.17, 15) is 4.79 Å². The molecule has 0 spiro atoms. The van der Waals surface area contributed by atoms with Gasteiger partial charge >= 0.3 is 0 Å². The molecule has 22 heavy (non-hydrogen) atoms. The molecule has 1 atom stereocenters. The van der Waals surface area contributed by atoms with Gasteiger partial charge in [0.15, 0.2) is 5.82 Å². The number of rotatable bonds is 3. The third-order valence-corrected chi connectivity index (χ3v) is 4.02. The van der Waals surface area contributed by atoms with Crippen molar-refractivity contribution in [3.63, 3.8) is 0 Å². The monoisotopic (exact) mass is 300 g/mol. The van der Waals surface area contributed by atoms with Gasteiger partial charge < -0.3 is 14.4 Å². The maximum atomic E-state index is 12.6. The molecule has 3 rings (SSSR count). The minimum Gasteiger partial charge on any atom is -0.353 e. The molecule has 1 saturated heterocycles. The number of imidazole rings is 1. The van der Waals surface area contributed by atoms with Crippen LogP contribution in [0.3, 0.4) is 0 Å². The van der Waals surface area contributed by atoms with Gasteiger partial charge in [-0.25, -0.2) is 4.98 Å². The fourth-order valence-electron chi connectivity index (χ4n) is 2.72. The summed E-state index contributed by atoms with van der Waals surface area (Å²) in [5.41, 5.74) is 0. The topological polar surface area (TPSA) is 67.2 Å². The first kappa shape index (κ1) is 14.5. The van der Waals surface area contributed by atoms with Crippen molar-refractivity contribution in [2.45, 2.75) is 19.4 Å². The summed E-state index contributed by atoms with van der Waals surface area (Å²) in [5.74, 6) is 1.01. The van der Waals surface area contributed by atoms with Crippen LogP contribution >= 0.6 is 0 Å². The van der Waals surface area contributed by atoms with Crippen LogP contribution in [0.1, 0.15) is 19.4 Å². The van der Waals surface area contributed by atoms with E-state index in [1.165, 1.54) is 0 Å². The van der Waals surface area contributed by atoms with Crippen molar-refractivity contribution in [1.29, 1.82) is 0 Å². The second kappa shape index (κ2) is 6.55. The molecule has 0 saturated carbocycles. The average Bonchev–Trinajstić information content (AvgIpc) is 2.99. The van der Waals surface area contributed by atoms with Gasteiger partial charge in [-0.3, -0.25) is 4.79 Å². The number of hydrogen-bond donors (Lipinski definition) is 0. The molecule has 1 fully saturated rings. The predicted molar refractivity (Wildman–Crippen MR) is 82.4 cm³/mol. The highest BCUT2D eigenvalue weighted by Gasteiger charge is 2.24. The molecule has 1 aliphatic heterocycles. The van der Waals surface area contributed by atoms with Crippen LogP contribution < -0.4 is 4.90 Å². The minimum absolute atomic E-state index is 0.138. The Kier molecular flexibility index (Phi) is 4.32. The van der Waals surface area contributed by atoms with Crippen LogP contribution in [-0.4, -0.2) is 56.7 Å². The molecule has 2 aromatic rings. The maximum Gasteiger partial charge on any atom is 0.245 e. The second-order valence-corrected chi connectivity index (χ2v) is 5.43. The minimum atomic E-state index is -0.217. The summed E-state index contributed by atoms with van der Waals surface area (Å²) in [6.45, 7) is 5.06. The van der Waals surface area contributed by atoms with E-state index in [0.717, 1.165) is 31.9 Å². The van der Waals surface area contributed by atoms with Gasteiger partial charge in [-0.05, 0) is 25.5 Å². The highest BCUT2D eigenvalue weighted by molar-refractivity contribution is 5.80. The normalized spacial score (nSPS) is 17.1. The number of carbonyl (C=O) groups excluding carboxylic acids is 1. The molecular formula is C15H20N6O. The Morgan fingerprint density at radius 2 is 2.14 bits per heavy atom. The molecule has 0 aliphatic carbocycles. The summed E-state index contributed by atoms with van der Waals surface area (Å²) < 4.78 is 1.84. The summed E-state index contributed by atoms with van der Waals surface area (Å²) in [5, 5.41) is 8.07. The molecule has 0 radical (unpaired) electrons. The van der Waals surface area contributed by atoms with E-state index < -0.39 is 0 Å². The lowest BCUT2D eigenvalue weighted by molar-refractivity contribution is -0.134. The van der Waals surface area contributed by atoms with Crippen LogP contribution in [0.15, 0.2) is 37.1 Å². The molecule has 1 amide bonds. The molecular weight excluding hydrogens is 280 g/mol. The molecule has 3 heterocycles. The van der Waals surface area contributed by atoms with E-state index >= 15 is 0 Å². The van der Waals surface area contributed by atoms with E-state index in [-0.39, 0.29) is 11.9 Å². The van der Waals surface area contributed by atoms with E-state index in [1.54, 1.807) is 18.7 Å². The van der Waals surface area contributed by atoms with Gasteiger partial charge in [0, 0.05) is 44.8 Å². The summed E-state index contributed by atoms with van der Waals surface area (Å²) in [6.07, 6.45) is 7.81. The Hall–Kier alpha value is -2.44. The van der Waals surface area contributed by atoms with Crippen molar-refractivity contribution >= 4 is 11.7 Å². The Morgan fingerprint density at radius 1 is 1.23 bits per heavy atom. The van der Waals surface area contributed by atoms with Crippen LogP contribution in [-0.2, 0) is 4.79 Å². The van der Waals surface area contributed by atoms with Crippen molar-refractivity contribution in [2.24, 2.45) is 0 Å². The Labute approximate surface area is 129 Å². The van der Waals surface area contributed by atoms with Crippen molar-refractivity contribution in [3.05, 3.63) is 37.1 Å². The summed E-state index contributed by atoms with van der Waals surface area (Å²) in [6, 6.07) is 3.63. The summed E-state index contributed by atoms with van der Waals surface area (Å²) in [4.78, 5) is 20.7. The van der Waals surface area contributed by atoms with Crippen LogP contribution in [0.2, 0.25) is 0 Å². The fraction of sp³-hybridized carbons (Fsp3) is 0.467. The molecule has 7 nitrogen and oxygen atoms in total. The van der Waals surface area contributed by atoms with E-state index in [0.29, 0.717) is 6.54 Å². The average molecular weight is 300 g/mol. The van der Waals surface area contributed by atoms with Gasteiger partial charge in [-0.1, -0.05) is 0 Å². The number of aromatic nitrogens is 4. The Morgan fingerprint density at radius 3 is 2.86 bits per heavy atom. The van der Waals surface area contributed by atoms with Crippen molar-refractivity contribution in [1.82, 2.24) is 24.6 Å². The third kappa shape index (κ3) is 3.08. The van der Waals surface area contributed by atoms with Gasteiger partial charge in [0.1, 0.15) is 6.04 Å². The number of carbonyl (C=O) groups is 1. The lowest BCUT2D eigenvalue weighted by Crippen LogP contribution is -2.39. The Balaban J connectivity index is 1.64. The van der Waals surface area contributed by atoms with Crippen LogP contribution in [0.5, 0.6) is 0 Å². The van der Waals surface area contributed by atoms with Crippen LogP contribution in [0.4, 0.5) is 5.82 Å². The molecule has 1 unspecified atom stereocenters. The number of amides is 1. The number of nitrogens with zero attached hydrogens (tertiary/aromatic N) is 6. The predicted octanol–water partition coefficient (Wildman–Crippen LogP) is 0.973. The fourth-order valence-corrected chi connectivity index (χ4v) is 2.72. The molecule has 0 bridgehead atoms. The Bertz CT molecular complexity index is 600. The van der Waals surface area contributed by atoms with E-state index in [2.05, 4.69) is 20.1 Å². The zero-order valence-electron chi connectivity index (χ0n) is 12.7. The van der Waals surface area contributed by atoms with Crippen LogP contribution in [0, 0.1) is 0 Å². The van der Waals surface area contributed by atoms with Gasteiger partial charge in [0.2, 0.25) is 5.91 Å².